The van der Waals surface area contributed by atoms with E-state index in [2.05, 4.69) is 51.7 Å². The Kier molecular flexibility index (Phi) is 5.02. The van der Waals surface area contributed by atoms with E-state index >= 15 is 0 Å². The van der Waals surface area contributed by atoms with Crippen molar-refractivity contribution in [1.29, 1.82) is 0 Å². The van der Waals surface area contributed by atoms with Crippen molar-refractivity contribution >= 4 is 5.91 Å². The summed E-state index contributed by atoms with van der Waals surface area (Å²) in [6.45, 7) is 4.72. The molecule has 6 nitrogen and oxygen atoms in total. The van der Waals surface area contributed by atoms with Crippen LogP contribution in [0.5, 0.6) is 0 Å². The van der Waals surface area contributed by atoms with Crippen LogP contribution in [0.1, 0.15) is 31.4 Å². The molecule has 0 radical (unpaired) electrons. The van der Waals surface area contributed by atoms with Crippen LogP contribution in [-0.2, 0) is 11.3 Å². The van der Waals surface area contributed by atoms with Crippen LogP contribution in [0.4, 0.5) is 0 Å². The van der Waals surface area contributed by atoms with Gasteiger partial charge in [0.15, 0.2) is 0 Å². The van der Waals surface area contributed by atoms with Crippen molar-refractivity contribution in [2.24, 2.45) is 0 Å². The molecule has 2 heterocycles. The Morgan fingerprint density at radius 3 is 2.96 bits per heavy atom. The number of benzene rings is 1. The predicted octanol–water partition coefficient (Wildman–Crippen LogP) is 1.62. The Hall–Kier alpha value is -2.21. The molecule has 0 bridgehead atoms. The molecular weight excluding hydrogens is 290 g/mol. The van der Waals surface area contributed by atoms with Crippen LogP contribution in [0.25, 0.3) is 0 Å². The number of nitrogens with zero attached hydrogens (tertiary/aromatic N) is 4. The third kappa shape index (κ3) is 4.16. The van der Waals surface area contributed by atoms with E-state index in [1.165, 1.54) is 5.56 Å². The molecule has 122 valence electrons. The minimum absolute atomic E-state index is 0.0831. The summed E-state index contributed by atoms with van der Waals surface area (Å²) in [5.41, 5.74) is 1.32. The molecule has 1 amide bonds. The Morgan fingerprint density at radius 2 is 2.22 bits per heavy atom. The molecule has 1 aromatic carbocycles. The lowest BCUT2D eigenvalue weighted by Crippen LogP contribution is -2.37. The molecule has 2 atom stereocenters. The maximum Gasteiger partial charge on any atom is 0.222 e. The van der Waals surface area contributed by atoms with Gasteiger partial charge in [-0.15, -0.1) is 5.10 Å². The first-order valence-corrected chi connectivity index (χ1v) is 8.15. The summed E-state index contributed by atoms with van der Waals surface area (Å²) in [5, 5.41) is 10.7. The van der Waals surface area contributed by atoms with E-state index in [0.29, 0.717) is 19.0 Å². The molecule has 1 aliphatic heterocycles. The Morgan fingerprint density at radius 1 is 1.39 bits per heavy atom. The third-order valence-corrected chi connectivity index (χ3v) is 4.45. The first-order valence-electron chi connectivity index (χ1n) is 8.15. The van der Waals surface area contributed by atoms with E-state index in [0.717, 1.165) is 19.5 Å². The number of carbonyl (C=O) groups excluding carboxylic acids is 1. The van der Waals surface area contributed by atoms with Crippen LogP contribution in [0.15, 0.2) is 42.7 Å². The summed E-state index contributed by atoms with van der Waals surface area (Å²) in [4.78, 5) is 14.5. The maximum absolute atomic E-state index is 12.0. The van der Waals surface area contributed by atoms with Gasteiger partial charge >= 0.3 is 0 Å². The molecule has 1 N–H and O–H groups in total. The van der Waals surface area contributed by atoms with E-state index in [-0.39, 0.29) is 11.9 Å². The number of hydrogen-bond donors (Lipinski definition) is 1. The second kappa shape index (κ2) is 7.37. The van der Waals surface area contributed by atoms with E-state index in [1.807, 2.05) is 6.07 Å². The van der Waals surface area contributed by atoms with E-state index in [4.69, 9.17) is 0 Å². The van der Waals surface area contributed by atoms with E-state index in [9.17, 15) is 4.79 Å². The highest BCUT2D eigenvalue weighted by Gasteiger charge is 2.27. The van der Waals surface area contributed by atoms with Crippen molar-refractivity contribution in [3.8, 4) is 0 Å². The standard InChI is InChI=1S/C17H23N5O/c1-14(15-5-3-2-4-6-15)21-10-7-16(13-21)19-17(23)8-11-22-12-9-18-20-22/h2-6,9,12,14,16H,7-8,10-11,13H2,1H3,(H,19,23). The van der Waals surface area contributed by atoms with E-state index < -0.39 is 0 Å². The first-order chi connectivity index (χ1) is 11.2. The fourth-order valence-corrected chi connectivity index (χ4v) is 3.07. The number of carbonyl (C=O) groups is 1. The van der Waals surface area contributed by atoms with Gasteiger partial charge in [0.05, 0.1) is 12.7 Å². The van der Waals surface area contributed by atoms with Crippen LogP contribution >= 0.6 is 0 Å². The second-order valence-corrected chi connectivity index (χ2v) is 6.05. The lowest BCUT2D eigenvalue weighted by Gasteiger charge is -2.24. The van der Waals surface area contributed by atoms with Gasteiger partial charge in [-0.3, -0.25) is 14.4 Å². The molecule has 1 aliphatic rings. The molecular formula is C17H23N5O. The zero-order chi connectivity index (χ0) is 16.1. The van der Waals surface area contributed by atoms with Crippen molar-refractivity contribution in [3.05, 3.63) is 48.3 Å². The maximum atomic E-state index is 12.0. The molecule has 6 heteroatoms. The molecule has 2 aromatic rings. The summed E-state index contributed by atoms with van der Waals surface area (Å²) in [6.07, 6.45) is 4.84. The van der Waals surface area contributed by atoms with Crippen LogP contribution in [0, 0.1) is 0 Å². The van der Waals surface area contributed by atoms with E-state index in [1.54, 1.807) is 17.1 Å². The summed E-state index contributed by atoms with van der Waals surface area (Å²) >= 11 is 0. The summed E-state index contributed by atoms with van der Waals surface area (Å²) < 4.78 is 1.68. The summed E-state index contributed by atoms with van der Waals surface area (Å²) in [5.74, 6) is 0.0831. The van der Waals surface area contributed by atoms with Crippen LogP contribution in [0.2, 0.25) is 0 Å². The molecule has 1 aromatic heterocycles. The fourth-order valence-electron chi connectivity index (χ4n) is 3.07. The lowest BCUT2D eigenvalue weighted by molar-refractivity contribution is -0.122. The Bertz CT molecular complexity index is 613. The lowest BCUT2D eigenvalue weighted by atomic mass is 10.1. The van der Waals surface area contributed by atoms with Crippen LogP contribution in [0.3, 0.4) is 0 Å². The smallest absolute Gasteiger partial charge is 0.222 e. The van der Waals surface area contributed by atoms with Crippen molar-refractivity contribution in [3.63, 3.8) is 0 Å². The van der Waals surface area contributed by atoms with Gasteiger partial charge in [-0.25, -0.2) is 0 Å². The minimum Gasteiger partial charge on any atom is -0.352 e. The van der Waals surface area contributed by atoms with Gasteiger partial charge in [-0.05, 0) is 18.9 Å². The normalized spacial score (nSPS) is 19.6. The van der Waals surface area contributed by atoms with Crippen molar-refractivity contribution in [2.45, 2.75) is 38.4 Å². The number of nitrogens with one attached hydrogen (secondary N) is 1. The van der Waals surface area contributed by atoms with Gasteiger partial charge < -0.3 is 5.32 Å². The average molecular weight is 313 g/mol. The van der Waals surface area contributed by atoms with Crippen molar-refractivity contribution in [1.82, 2.24) is 25.2 Å². The highest BCUT2D eigenvalue weighted by atomic mass is 16.1. The quantitative estimate of drug-likeness (QED) is 0.880. The highest BCUT2D eigenvalue weighted by molar-refractivity contribution is 5.76. The zero-order valence-electron chi connectivity index (χ0n) is 13.4. The molecule has 0 spiro atoms. The fraction of sp³-hybridized carbons (Fsp3) is 0.471. The predicted molar refractivity (Wildman–Crippen MR) is 87.6 cm³/mol. The minimum atomic E-state index is 0.0831. The van der Waals surface area contributed by atoms with Gasteiger partial charge in [0, 0.05) is 37.8 Å². The second-order valence-electron chi connectivity index (χ2n) is 6.05. The number of rotatable bonds is 6. The summed E-state index contributed by atoms with van der Waals surface area (Å²) in [6, 6.07) is 11.1. The van der Waals surface area contributed by atoms with Gasteiger partial charge in [0.25, 0.3) is 0 Å². The molecule has 0 saturated carbocycles. The highest BCUT2D eigenvalue weighted by Crippen LogP contribution is 2.24. The largest absolute Gasteiger partial charge is 0.352 e. The van der Waals surface area contributed by atoms with Gasteiger partial charge in [-0.2, -0.15) is 0 Å². The molecule has 1 saturated heterocycles. The Balaban J connectivity index is 1.45. The topological polar surface area (TPSA) is 63.1 Å². The average Bonchev–Trinajstić information content (AvgIpc) is 3.25. The van der Waals surface area contributed by atoms with Gasteiger partial charge in [-0.1, -0.05) is 35.5 Å². The molecule has 23 heavy (non-hydrogen) atoms. The first kappa shape index (κ1) is 15.7. The van der Waals surface area contributed by atoms with Crippen molar-refractivity contribution < 1.29 is 4.79 Å². The number of likely N-dealkylation sites (tertiary alicyclic amines) is 1. The molecule has 2 unspecified atom stereocenters. The summed E-state index contributed by atoms with van der Waals surface area (Å²) in [7, 11) is 0. The number of hydrogen-bond acceptors (Lipinski definition) is 4. The van der Waals surface area contributed by atoms with Crippen molar-refractivity contribution in [2.75, 3.05) is 13.1 Å². The molecule has 0 aliphatic carbocycles. The SMILES string of the molecule is CC(c1ccccc1)N1CCC(NC(=O)CCn2ccnn2)C1. The number of aromatic nitrogens is 3. The Labute approximate surface area is 136 Å². The number of aryl methyl sites for hydroxylation is 1. The van der Waals surface area contributed by atoms with Crippen LogP contribution in [-0.4, -0.2) is 44.9 Å². The molecule has 1 fully saturated rings. The van der Waals surface area contributed by atoms with Gasteiger partial charge in [0.1, 0.15) is 0 Å². The number of amides is 1. The molecule has 3 rings (SSSR count). The van der Waals surface area contributed by atoms with Crippen LogP contribution < -0.4 is 5.32 Å². The van der Waals surface area contributed by atoms with Gasteiger partial charge in [0.2, 0.25) is 5.91 Å². The zero-order valence-corrected chi connectivity index (χ0v) is 13.4. The third-order valence-electron chi connectivity index (χ3n) is 4.45. The monoisotopic (exact) mass is 313 g/mol.